The Balaban J connectivity index is 1.43. The van der Waals surface area contributed by atoms with Crippen molar-refractivity contribution in [1.29, 1.82) is 0 Å². The highest BCUT2D eigenvalue weighted by atomic mass is 16.5. The molecule has 33 heavy (non-hydrogen) atoms. The third kappa shape index (κ3) is 4.70. The third-order valence-corrected chi connectivity index (χ3v) is 7.04. The molecule has 1 unspecified atom stereocenters. The van der Waals surface area contributed by atoms with Crippen molar-refractivity contribution in [3.8, 4) is 0 Å². The first-order chi connectivity index (χ1) is 16.2. The second kappa shape index (κ2) is 9.85. The van der Waals surface area contributed by atoms with Crippen LogP contribution in [-0.4, -0.2) is 69.9 Å². The minimum atomic E-state index is -0.320. The van der Waals surface area contributed by atoms with E-state index in [1.165, 1.54) is 31.9 Å². The fourth-order valence-electron chi connectivity index (χ4n) is 4.93. The van der Waals surface area contributed by atoms with Crippen molar-refractivity contribution < 1.29 is 9.53 Å². The number of carbonyl (C=O) groups excluding carboxylic acids is 1. The number of rotatable bonds is 7. The maximum atomic E-state index is 12.0. The van der Waals surface area contributed by atoms with Gasteiger partial charge in [0, 0.05) is 32.2 Å². The lowest BCUT2D eigenvalue weighted by atomic mass is 9.91. The number of hydrogen-bond acceptors (Lipinski definition) is 6. The highest BCUT2D eigenvalue weighted by Gasteiger charge is 2.33. The van der Waals surface area contributed by atoms with Crippen LogP contribution >= 0.6 is 0 Å². The van der Waals surface area contributed by atoms with Gasteiger partial charge < -0.3 is 9.30 Å². The highest BCUT2D eigenvalue weighted by Crippen LogP contribution is 2.31. The Morgan fingerprint density at radius 3 is 2.39 bits per heavy atom. The van der Waals surface area contributed by atoms with Gasteiger partial charge in [0.05, 0.1) is 25.3 Å². The van der Waals surface area contributed by atoms with Gasteiger partial charge in [0.2, 0.25) is 0 Å². The maximum absolute atomic E-state index is 12.0. The Labute approximate surface area is 195 Å². The normalized spacial score (nSPS) is 18.6. The predicted molar refractivity (Wildman–Crippen MR) is 126 cm³/mol. The van der Waals surface area contributed by atoms with E-state index in [1.54, 1.807) is 0 Å². The number of piperazine rings is 1. The van der Waals surface area contributed by atoms with Crippen LogP contribution in [0.25, 0.3) is 0 Å². The van der Waals surface area contributed by atoms with E-state index in [0.717, 1.165) is 50.2 Å². The first-order valence-electron chi connectivity index (χ1n) is 11.8. The summed E-state index contributed by atoms with van der Waals surface area (Å²) in [6.07, 6.45) is 5.86. The zero-order valence-electron chi connectivity index (χ0n) is 19.1. The molecule has 2 aliphatic rings. The second-order valence-electron chi connectivity index (χ2n) is 8.98. The zero-order chi connectivity index (χ0) is 22.6. The summed E-state index contributed by atoms with van der Waals surface area (Å²) < 4.78 is 7.03. The lowest BCUT2D eigenvalue weighted by Gasteiger charge is -2.44. The van der Waals surface area contributed by atoms with E-state index in [9.17, 15) is 4.79 Å². The number of methoxy groups -OCH3 is 1. The Morgan fingerprint density at radius 2 is 1.76 bits per heavy atom. The molecule has 5 rings (SSSR count). The molecule has 0 spiro atoms. The first-order valence-corrected chi connectivity index (χ1v) is 11.8. The molecule has 172 valence electrons. The van der Waals surface area contributed by atoms with E-state index < -0.39 is 0 Å². The van der Waals surface area contributed by atoms with Crippen LogP contribution in [0.2, 0.25) is 0 Å². The van der Waals surface area contributed by atoms with E-state index in [1.807, 2.05) is 36.7 Å². The minimum Gasteiger partial charge on any atom is -0.465 e. The number of ether oxygens (including phenoxy) is 1. The standard InChI is InChI=1S/C26H31N5O2/c1-33-26(32)22-12-10-21(11-13-22)24(30-16-14-29(15-17-30)23-8-5-9-23)25-28-27-19-31(25)18-20-6-3-2-4-7-20/h2-4,6-7,10-13,19,23-24H,5,8-9,14-18H2,1H3. The molecule has 0 N–H and O–H groups in total. The third-order valence-electron chi connectivity index (χ3n) is 7.04. The molecular formula is C26H31N5O2. The van der Waals surface area contributed by atoms with Crippen molar-refractivity contribution in [1.82, 2.24) is 24.6 Å². The van der Waals surface area contributed by atoms with Crippen LogP contribution in [0.1, 0.15) is 52.6 Å². The van der Waals surface area contributed by atoms with Crippen molar-refractivity contribution in [3.05, 3.63) is 83.4 Å². The lowest BCUT2D eigenvalue weighted by Crippen LogP contribution is -2.53. The summed E-state index contributed by atoms with van der Waals surface area (Å²) >= 11 is 0. The Morgan fingerprint density at radius 1 is 1.03 bits per heavy atom. The summed E-state index contributed by atoms with van der Waals surface area (Å²) in [5.74, 6) is 0.612. The molecule has 7 heteroatoms. The SMILES string of the molecule is COC(=O)c1ccc(C(c2nncn2Cc2ccccc2)N2CCN(C3CCC3)CC2)cc1. The Bertz CT molecular complexity index is 1050. The number of hydrogen-bond donors (Lipinski definition) is 0. The van der Waals surface area contributed by atoms with Gasteiger partial charge in [-0.1, -0.05) is 48.9 Å². The van der Waals surface area contributed by atoms with Gasteiger partial charge in [-0.05, 0) is 36.1 Å². The van der Waals surface area contributed by atoms with Crippen molar-refractivity contribution in [3.63, 3.8) is 0 Å². The molecule has 1 aliphatic carbocycles. The van der Waals surface area contributed by atoms with Gasteiger partial charge in [-0.15, -0.1) is 10.2 Å². The molecule has 0 amide bonds. The van der Waals surface area contributed by atoms with Crippen molar-refractivity contribution in [2.24, 2.45) is 0 Å². The molecule has 1 saturated heterocycles. The smallest absolute Gasteiger partial charge is 0.337 e. The van der Waals surface area contributed by atoms with Crippen LogP contribution in [0.4, 0.5) is 0 Å². The fourth-order valence-corrected chi connectivity index (χ4v) is 4.93. The van der Waals surface area contributed by atoms with Gasteiger partial charge in [-0.25, -0.2) is 4.79 Å². The van der Waals surface area contributed by atoms with E-state index in [2.05, 4.69) is 48.8 Å². The first kappa shape index (κ1) is 21.8. The zero-order valence-corrected chi connectivity index (χ0v) is 19.1. The van der Waals surface area contributed by atoms with Gasteiger partial charge in [-0.3, -0.25) is 9.80 Å². The van der Waals surface area contributed by atoms with Gasteiger partial charge in [0.15, 0.2) is 5.82 Å². The molecular weight excluding hydrogens is 414 g/mol. The number of aromatic nitrogens is 3. The molecule has 7 nitrogen and oxygen atoms in total. The summed E-state index contributed by atoms with van der Waals surface area (Å²) in [6.45, 7) is 4.85. The molecule has 2 heterocycles. The molecule has 1 aromatic heterocycles. The van der Waals surface area contributed by atoms with E-state index >= 15 is 0 Å². The van der Waals surface area contributed by atoms with E-state index in [0.29, 0.717) is 5.56 Å². The molecule has 0 radical (unpaired) electrons. The number of esters is 1. The topological polar surface area (TPSA) is 63.5 Å². The molecule has 0 bridgehead atoms. The average molecular weight is 446 g/mol. The molecule has 1 atom stereocenters. The number of benzene rings is 2. The van der Waals surface area contributed by atoms with Crippen LogP contribution in [0.3, 0.4) is 0 Å². The van der Waals surface area contributed by atoms with E-state index in [-0.39, 0.29) is 12.0 Å². The van der Waals surface area contributed by atoms with E-state index in [4.69, 9.17) is 4.74 Å². The quantitative estimate of drug-likeness (QED) is 0.520. The summed E-state index contributed by atoms with van der Waals surface area (Å²) in [5, 5.41) is 8.87. The molecule has 3 aromatic rings. The van der Waals surface area contributed by atoms with Crippen LogP contribution in [-0.2, 0) is 11.3 Å². The van der Waals surface area contributed by atoms with Crippen LogP contribution in [0.15, 0.2) is 60.9 Å². The van der Waals surface area contributed by atoms with Crippen molar-refractivity contribution in [2.75, 3.05) is 33.3 Å². The van der Waals surface area contributed by atoms with Gasteiger partial charge >= 0.3 is 5.97 Å². The maximum Gasteiger partial charge on any atom is 0.337 e. The summed E-state index contributed by atoms with van der Waals surface area (Å²) in [6, 6.07) is 18.9. The van der Waals surface area contributed by atoms with Crippen LogP contribution in [0, 0.1) is 0 Å². The van der Waals surface area contributed by atoms with Gasteiger partial charge in [0.1, 0.15) is 6.33 Å². The molecule has 1 saturated carbocycles. The van der Waals surface area contributed by atoms with Gasteiger partial charge in [0.25, 0.3) is 0 Å². The average Bonchev–Trinajstić information content (AvgIpc) is 3.27. The van der Waals surface area contributed by atoms with Crippen LogP contribution in [0.5, 0.6) is 0 Å². The number of nitrogens with zero attached hydrogens (tertiary/aromatic N) is 5. The summed E-state index contributed by atoms with van der Waals surface area (Å²) in [7, 11) is 1.41. The Kier molecular flexibility index (Phi) is 6.51. The summed E-state index contributed by atoms with van der Waals surface area (Å²) in [4.78, 5) is 17.1. The summed E-state index contributed by atoms with van der Waals surface area (Å²) in [5.41, 5.74) is 2.88. The van der Waals surface area contributed by atoms with Crippen molar-refractivity contribution >= 4 is 5.97 Å². The van der Waals surface area contributed by atoms with Gasteiger partial charge in [-0.2, -0.15) is 0 Å². The largest absolute Gasteiger partial charge is 0.465 e. The monoisotopic (exact) mass is 445 g/mol. The van der Waals surface area contributed by atoms with Crippen LogP contribution < -0.4 is 0 Å². The minimum absolute atomic E-state index is 0.0218. The highest BCUT2D eigenvalue weighted by molar-refractivity contribution is 5.89. The Hall–Kier alpha value is -3.03. The fraction of sp³-hybridized carbons (Fsp3) is 0.423. The predicted octanol–water partition coefficient (Wildman–Crippen LogP) is 3.37. The lowest BCUT2D eigenvalue weighted by molar-refractivity contribution is 0.0476. The molecule has 1 aliphatic heterocycles. The molecule has 2 fully saturated rings. The second-order valence-corrected chi connectivity index (χ2v) is 8.98. The molecule has 2 aromatic carbocycles. The number of carbonyl (C=O) groups is 1. The van der Waals surface area contributed by atoms with Crippen molar-refractivity contribution in [2.45, 2.75) is 37.9 Å².